The third-order valence-corrected chi connectivity index (χ3v) is 4.19. The highest BCUT2D eigenvalue weighted by molar-refractivity contribution is 6.07. The number of amides is 1. The van der Waals surface area contributed by atoms with Crippen molar-refractivity contribution in [1.82, 2.24) is 15.4 Å². The first-order chi connectivity index (χ1) is 11.1. The Morgan fingerprint density at radius 1 is 1.39 bits per heavy atom. The summed E-state index contributed by atoms with van der Waals surface area (Å²) in [5.41, 5.74) is 5.30. The zero-order chi connectivity index (χ0) is 16.4. The van der Waals surface area contributed by atoms with Crippen LogP contribution in [0.4, 0.5) is 5.82 Å². The molecule has 1 aliphatic rings. The molecule has 0 bridgehead atoms. The Kier molecular flexibility index (Phi) is 4.23. The topological polar surface area (TPSA) is 79.3 Å². The molecular weight excluding hydrogens is 290 g/mol. The number of hydrogen-bond donors (Lipinski definition) is 2. The van der Waals surface area contributed by atoms with Crippen LogP contribution in [-0.2, 0) is 4.79 Å². The van der Waals surface area contributed by atoms with Gasteiger partial charge in [0.2, 0.25) is 5.91 Å². The Morgan fingerprint density at radius 2 is 2.22 bits per heavy atom. The minimum atomic E-state index is -0.0376. The molecule has 1 aromatic heterocycles. The van der Waals surface area contributed by atoms with E-state index in [2.05, 4.69) is 39.7 Å². The third kappa shape index (κ3) is 3.16. The number of nitrogens with zero attached hydrogens (tertiary/aromatic N) is 3. The van der Waals surface area contributed by atoms with Crippen molar-refractivity contribution >= 4 is 28.3 Å². The molecule has 6 nitrogen and oxygen atoms in total. The van der Waals surface area contributed by atoms with Crippen LogP contribution < -0.4 is 10.7 Å². The van der Waals surface area contributed by atoms with E-state index in [1.165, 1.54) is 0 Å². The third-order valence-electron chi connectivity index (χ3n) is 4.19. The average Bonchev–Trinajstić information content (AvgIpc) is 2.54. The number of carbonyl (C=O) groups is 1. The van der Waals surface area contributed by atoms with Crippen LogP contribution in [-0.4, -0.2) is 27.6 Å². The van der Waals surface area contributed by atoms with Crippen molar-refractivity contribution in [2.45, 2.75) is 39.7 Å². The maximum Gasteiger partial charge on any atom is 0.240 e. The second kappa shape index (κ2) is 6.32. The molecule has 0 aliphatic carbocycles. The van der Waals surface area contributed by atoms with Gasteiger partial charge in [0.25, 0.3) is 0 Å². The quantitative estimate of drug-likeness (QED) is 0.910. The zero-order valence-corrected chi connectivity index (χ0v) is 13.6. The van der Waals surface area contributed by atoms with E-state index in [0.717, 1.165) is 34.4 Å². The standard InChI is InChI=1S/C17H21N5O/c1-4-11(3)20-17-13-6-5-12(8-14(13)18-9-19-17)16-10(2)7-15(23)21-22-16/h5-6,8-11H,4,7H2,1-3H3,(H,21,23)(H,18,19,20). The fraction of sp³-hybridized carbons (Fsp3) is 0.412. The number of anilines is 1. The fourth-order valence-corrected chi connectivity index (χ4v) is 2.67. The highest BCUT2D eigenvalue weighted by Gasteiger charge is 2.22. The molecule has 6 heteroatoms. The summed E-state index contributed by atoms with van der Waals surface area (Å²) in [6.45, 7) is 6.27. The van der Waals surface area contributed by atoms with Crippen LogP contribution in [0.15, 0.2) is 29.6 Å². The largest absolute Gasteiger partial charge is 0.367 e. The molecule has 2 unspecified atom stereocenters. The van der Waals surface area contributed by atoms with Gasteiger partial charge in [0.1, 0.15) is 12.1 Å². The number of fused-ring (bicyclic) bond motifs is 1. The molecule has 0 saturated heterocycles. The smallest absolute Gasteiger partial charge is 0.240 e. The first kappa shape index (κ1) is 15.4. The lowest BCUT2D eigenvalue weighted by atomic mass is 9.93. The van der Waals surface area contributed by atoms with Gasteiger partial charge in [-0.05, 0) is 25.5 Å². The summed E-state index contributed by atoms with van der Waals surface area (Å²) in [6.07, 6.45) is 3.06. The lowest BCUT2D eigenvalue weighted by molar-refractivity contribution is -0.121. The summed E-state index contributed by atoms with van der Waals surface area (Å²) in [5, 5.41) is 8.61. The SMILES string of the molecule is CCC(C)Nc1ncnc2cc(C3=NNC(=O)CC3C)ccc12. The summed E-state index contributed by atoms with van der Waals surface area (Å²) in [6, 6.07) is 6.39. The summed E-state index contributed by atoms with van der Waals surface area (Å²) < 4.78 is 0. The fourth-order valence-electron chi connectivity index (χ4n) is 2.67. The first-order valence-electron chi connectivity index (χ1n) is 7.96. The van der Waals surface area contributed by atoms with Gasteiger partial charge in [-0.15, -0.1) is 0 Å². The number of aromatic nitrogens is 2. The Labute approximate surface area is 135 Å². The van der Waals surface area contributed by atoms with E-state index in [-0.39, 0.29) is 11.8 Å². The monoisotopic (exact) mass is 311 g/mol. The predicted octanol–water partition coefficient (Wildman–Crippen LogP) is 2.70. The van der Waals surface area contributed by atoms with Crippen LogP contribution in [0.2, 0.25) is 0 Å². The molecule has 0 fully saturated rings. The highest BCUT2D eigenvalue weighted by Crippen LogP contribution is 2.24. The minimum absolute atomic E-state index is 0.0376. The Bertz CT molecular complexity index is 771. The average molecular weight is 311 g/mol. The van der Waals surface area contributed by atoms with E-state index in [1.807, 2.05) is 25.1 Å². The van der Waals surface area contributed by atoms with Gasteiger partial charge in [-0.1, -0.05) is 19.9 Å². The number of hydrogen-bond acceptors (Lipinski definition) is 5. The second-order valence-electron chi connectivity index (χ2n) is 6.05. The van der Waals surface area contributed by atoms with Gasteiger partial charge in [0.15, 0.2) is 0 Å². The van der Waals surface area contributed by atoms with Crippen molar-refractivity contribution in [3.8, 4) is 0 Å². The molecule has 0 radical (unpaired) electrons. The van der Waals surface area contributed by atoms with E-state index in [0.29, 0.717) is 12.5 Å². The Balaban J connectivity index is 1.98. The normalized spacial score (nSPS) is 19.2. The first-order valence-corrected chi connectivity index (χ1v) is 7.96. The van der Waals surface area contributed by atoms with Crippen LogP contribution >= 0.6 is 0 Å². The molecule has 1 aliphatic heterocycles. The molecule has 2 heterocycles. The van der Waals surface area contributed by atoms with Crippen molar-refractivity contribution in [2.75, 3.05) is 5.32 Å². The number of rotatable bonds is 4. The Hall–Kier alpha value is -2.50. The molecule has 23 heavy (non-hydrogen) atoms. The van der Waals surface area contributed by atoms with E-state index < -0.39 is 0 Å². The van der Waals surface area contributed by atoms with Gasteiger partial charge < -0.3 is 5.32 Å². The number of nitrogens with one attached hydrogen (secondary N) is 2. The van der Waals surface area contributed by atoms with Gasteiger partial charge in [0, 0.05) is 29.3 Å². The molecule has 2 atom stereocenters. The molecule has 3 rings (SSSR count). The summed E-state index contributed by atoms with van der Waals surface area (Å²) in [7, 11) is 0. The van der Waals surface area contributed by atoms with Crippen LogP contribution in [0, 0.1) is 5.92 Å². The molecule has 1 amide bonds. The molecular formula is C17H21N5O. The number of hydrazone groups is 1. The molecule has 0 spiro atoms. The zero-order valence-electron chi connectivity index (χ0n) is 13.6. The molecule has 0 saturated carbocycles. The maximum atomic E-state index is 11.4. The lowest BCUT2D eigenvalue weighted by Gasteiger charge is -2.19. The van der Waals surface area contributed by atoms with Gasteiger partial charge in [-0.3, -0.25) is 4.79 Å². The molecule has 120 valence electrons. The van der Waals surface area contributed by atoms with E-state index >= 15 is 0 Å². The summed E-state index contributed by atoms with van der Waals surface area (Å²) in [5.74, 6) is 0.910. The predicted molar refractivity (Wildman–Crippen MR) is 91.4 cm³/mol. The van der Waals surface area contributed by atoms with Crippen molar-refractivity contribution in [3.05, 3.63) is 30.1 Å². The number of carbonyl (C=O) groups excluding carboxylic acids is 1. The Morgan fingerprint density at radius 3 is 2.96 bits per heavy atom. The van der Waals surface area contributed by atoms with Crippen LogP contribution in [0.5, 0.6) is 0 Å². The molecule has 2 N–H and O–H groups in total. The van der Waals surface area contributed by atoms with Crippen molar-refractivity contribution in [2.24, 2.45) is 11.0 Å². The van der Waals surface area contributed by atoms with E-state index in [1.54, 1.807) is 6.33 Å². The minimum Gasteiger partial charge on any atom is -0.367 e. The van der Waals surface area contributed by atoms with E-state index in [4.69, 9.17) is 0 Å². The lowest BCUT2D eigenvalue weighted by Crippen LogP contribution is -2.31. The van der Waals surface area contributed by atoms with E-state index in [9.17, 15) is 4.79 Å². The van der Waals surface area contributed by atoms with Crippen molar-refractivity contribution in [3.63, 3.8) is 0 Å². The van der Waals surface area contributed by atoms with Crippen LogP contribution in [0.3, 0.4) is 0 Å². The van der Waals surface area contributed by atoms with Crippen LogP contribution in [0.25, 0.3) is 10.9 Å². The van der Waals surface area contributed by atoms with Gasteiger partial charge in [-0.2, -0.15) is 5.10 Å². The highest BCUT2D eigenvalue weighted by atomic mass is 16.2. The number of benzene rings is 1. The second-order valence-corrected chi connectivity index (χ2v) is 6.05. The van der Waals surface area contributed by atoms with Crippen LogP contribution in [0.1, 0.15) is 39.2 Å². The van der Waals surface area contributed by atoms with Crippen molar-refractivity contribution < 1.29 is 4.79 Å². The summed E-state index contributed by atoms with van der Waals surface area (Å²) >= 11 is 0. The van der Waals surface area contributed by atoms with Crippen molar-refractivity contribution in [1.29, 1.82) is 0 Å². The molecule has 1 aromatic carbocycles. The van der Waals surface area contributed by atoms with Gasteiger partial charge in [0.05, 0.1) is 11.2 Å². The maximum absolute atomic E-state index is 11.4. The molecule has 2 aromatic rings. The summed E-state index contributed by atoms with van der Waals surface area (Å²) in [4.78, 5) is 20.1. The van der Waals surface area contributed by atoms with Gasteiger partial charge >= 0.3 is 0 Å². The van der Waals surface area contributed by atoms with Gasteiger partial charge in [-0.25, -0.2) is 15.4 Å².